The van der Waals surface area contributed by atoms with Crippen molar-refractivity contribution in [3.63, 3.8) is 0 Å². The van der Waals surface area contributed by atoms with Crippen molar-refractivity contribution in [3.05, 3.63) is 60.6 Å². The summed E-state index contributed by atoms with van der Waals surface area (Å²) in [6.45, 7) is 3.87. The number of benzene rings is 1. The van der Waals surface area contributed by atoms with E-state index in [9.17, 15) is 0 Å². The summed E-state index contributed by atoms with van der Waals surface area (Å²) in [5.41, 5.74) is 10.1. The zero-order valence-electron chi connectivity index (χ0n) is 12.0. The smallest absolute Gasteiger partial charge is 0.0956 e. The van der Waals surface area contributed by atoms with E-state index in [0.29, 0.717) is 0 Å². The molecule has 0 radical (unpaired) electrons. The Morgan fingerprint density at radius 3 is 2.62 bits per heavy atom. The summed E-state index contributed by atoms with van der Waals surface area (Å²) >= 11 is 0. The van der Waals surface area contributed by atoms with E-state index in [1.165, 1.54) is 5.56 Å². The van der Waals surface area contributed by atoms with Gasteiger partial charge in [0.1, 0.15) is 0 Å². The van der Waals surface area contributed by atoms with Gasteiger partial charge < -0.3 is 10.6 Å². The lowest BCUT2D eigenvalue weighted by Crippen LogP contribution is -2.22. The van der Waals surface area contributed by atoms with Crippen molar-refractivity contribution >= 4 is 22.3 Å². The minimum absolute atomic E-state index is 0.766. The zero-order valence-corrected chi connectivity index (χ0v) is 12.0. The molecule has 2 N–H and O–H groups in total. The van der Waals surface area contributed by atoms with Crippen LogP contribution >= 0.6 is 0 Å². The first kappa shape index (κ1) is 13.4. The van der Waals surface area contributed by atoms with Gasteiger partial charge in [-0.25, -0.2) is 0 Å². The Hall–Kier alpha value is -2.62. The fourth-order valence-electron chi connectivity index (χ4n) is 2.51. The lowest BCUT2D eigenvalue weighted by molar-refractivity contribution is 0.833. The second kappa shape index (κ2) is 5.79. The number of aromatic nitrogens is 2. The molecule has 0 aliphatic carbocycles. The van der Waals surface area contributed by atoms with Crippen molar-refractivity contribution in [2.24, 2.45) is 0 Å². The molecular weight excluding hydrogens is 260 g/mol. The predicted molar refractivity (Wildman–Crippen MR) is 87.1 cm³/mol. The van der Waals surface area contributed by atoms with E-state index in [1.807, 2.05) is 48.9 Å². The van der Waals surface area contributed by atoms with Crippen LogP contribution in [-0.4, -0.2) is 16.5 Å². The second-order valence-electron chi connectivity index (χ2n) is 4.94. The van der Waals surface area contributed by atoms with E-state index in [4.69, 9.17) is 5.73 Å². The van der Waals surface area contributed by atoms with Crippen LogP contribution in [0.4, 0.5) is 11.4 Å². The largest absolute Gasteiger partial charge is 0.398 e. The highest BCUT2D eigenvalue weighted by molar-refractivity contribution is 5.98. The third-order valence-corrected chi connectivity index (χ3v) is 3.63. The minimum atomic E-state index is 0.766. The van der Waals surface area contributed by atoms with Gasteiger partial charge in [-0.3, -0.25) is 9.97 Å². The number of pyridine rings is 2. The molecule has 3 rings (SSSR count). The van der Waals surface area contributed by atoms with Crippen molar-refractivity contribution < 1.29 is 0 Å². The normalized spacial score (nSPS) is 10.7. The van der Waals surface area contributed by atoms with Gasteiger partial charge in [-0.05, 0) is 48.9 Å². The maximum atomic E-state index is 6.05. The van der Waals surface area contributed by atoms with E-state index >= 15 is 0 Å². The van der Waals surface area contributed by atoms with Gasteiger partial charge in [0.15, 0.2) is 0 Å². The van der Waals surface area contributed by atoms with Gasteiger partial charge >= 0.3 is 0 Å². The van der Waals surface area contributed by atoms with E-state index in [1.54, 1.807) is 0 Å². The first-order valence-corrected chi connectivity index (χ1v) is 7.06. The van der Waals surface area contributed by atoms with Gasteiger partial charge in [0, 0.05) is 42.8 Å². The third-order valence-electron chi connectivity index (χ3n) is 3.63. The van der Waals surface area contributed by atoms with Crippen LogP contribution < -0.4 is 10.6 Å². The number of nitrogens with zero attached hydrogens (tertiary/aromatic N) is 3. The number of nitrogen functional groups attached to an aromatic ring is 1. The van der Waals surface area contributed by atoms with E-state index in [-0.39, 0.29) is 0 Å². The highest BCUT2D eigenvalue weighted by Gasteiger charge is 2.11. The summed E-state index contributed by atoms with van der Waals surface area (Å²) in [7, 11) is 0. The van der Waals surface area contributed by atoms with Crippen LogP contribution in [0.1, 0.15) is 12.5 Å². The van der Waals surface area contributed by atoms with Crippen LogP contribution in [0.15, 0.2) is 55.0 Å². The molecule has 0 aliphatic heterocycles. The van der Waals surface area contributed by atoms with Crippen LogP contribution in [0.3, 0.4) is 0 Å². The number of hydrogen-bond donors (Lipinski definition) is 1. The van der Waals surface area contributed by atoms with Gasteiger partial charge in [-0.1, -0.05) is 0 Å². The van der Waals surface area contributed by atoms with Crippen molar-refractivity contribution in [2.45, 2.75) is 13.5 Å². The van der Waals surface area contributed by atoms with Crippen LogP contribution in [0.2, 0.25) is 0 Å². The first-order valence-electron chi connectivity index (χ1n) is 7.06. The number of anilines is 2. The van der Waals surface area contributed by atoms with E-state index in [2.05, 4.69) is 27.9 Å². The highest BCUT2D eigenvalue weighted by atomic mass is 15.1. The fourth-order valence-corrected chi connectivity index (χ4v) is 2.51. The molecule has 0 spiro atoms. The quantitative estimate of drug-likeness (QED) is 0.744. The Morgan fingerprint density at radius 1 is 1.05 bits per heavy atom. The summed E-state index contributed by atoms with van der Waals surface area (Å²) in [6.07, 6.45) is 5.45. The fraction of sp³-hybridized carbons (Fsp3) is 0.176. The number of rotatable bonds is 4. The Labute approximate surface area is 124 Å². The van der Waals surface area contributed by atoms with Crippen molar-refractivity contribution in [1.82, 2.24) is 9.97 Å². The van der Waals surface area contributed by atoms with Gasteiger partial charge in [0.2, 0.25) is 0 Å². The molecule has 1 aromatic carbocycles. The van der Waals surface area contributed by atoms with Crippen LogP contribution in [-0.2, 0) is 6.54 Å². The molecule has 0 bridgehead atoms. The van der Waals surface area contributed by atoms with Crippen molar-refractivity contribution in [2.75, 3.05) is 17.2 Å². The van der Waals surface area contributed by atoms with E-state index in [0.717, 1.165) is 35.4 Å². The number of fused-ring (bicyclic) bond motifs is 1. The third kappa shape index (κ3) is 2.65. The average molecular weight is 278 g/mol. The number of nitrogens with two attached hydrogens (primary N) is 1. The maximum absolute atomic E-state index is 6.05. The molecule has 2 heterocycles. The Morgan fingerprint density at radius 2 is 1.86 bits per heavy atom. The molecule has 0 atom stereocenters. The molecule has 0 unspecified atom stereocenters. The molecule has 106 valence electrons. The lowest BCUT2D eigenvalue weighted by atomic mass is 10.1. The van der Waals surface area contributed by atoms with E-state index < -0.39 is 0 Å². The zero-order chi connectivity index (χ0) is 14.7. The van der Waals surface area contributed by atoms with Gasteiger partial charge in [-0.15, -0.1) is 0 Å². The molecule has 4 nitrogen and oxygen atoms in total. The summed E-state index contributed by atoms with van der Waals surface area (Å²) < 4.78 is 0. The SMILES string of the molecule is CCN(Cc1ccncc1)c1ccc(N)c2cccnc12. The summed E-state index contributed by atoms with van der Waals surface area (Å²) in [5, 5.41) is 1.00. The standard InChI is InChI=1S/C17H18N4/c1-2-21(12-13-7-10-19-11-8-13)16-6-5-15(18)14-4-3-9-20-17(14)16/h3-11H,2,12,18H2,1H3. The number of hydrogen-bond acceptors (Lipinski definition) is 4. The molecule has 0 fully saturated rings. The molecule has 0 amide bonds. The summed E-state index contributed by atoms with van der Waals surface area (Å²) in [4.78, 5) is 10.9. The van der Waals surface area contributed by atoms with Gasteiger partial charge in [0.05, 0.1) is 11.2 Å². The highest BCUT2D eigenvalue weighted by Crippen LogP contribution is 2.29. The second-order valence-corrected chi connectivity index (χ2v) is 4.94. The Balaban J connectivity index is 2.03. The summed E-state index contributed by atoms with van der Waals surface area (Å²) in [5.74, 6) is 0. The Bertz CT molecular complexity index is 740. The van der Waals surface area contributed by atoms with Gasteiger partial charge in [-0.2, -0.15) is 0 Å². The van der Waals surface area contributed by atoms with Crippen LogP contribution in [0, 0.1) is 0 Å². The monoisotopic (exact) mass is 278 g/mol. The maximum Gasteiger partial charge on any atom is 0.0956 e. The first-order chi connectivity index (χ1) is 10.3. The molecule has 3 aromatic rings. The predicted octanol–water partition coefficient (Wildman–Crippen LogP) is 3.24. The topological polar surface area (TPSA) is 55.0 Å². The van der Waals surface area contributed by atoms with Crippen molar-refractivity contribution in [3.8, 4) is 0 Å². The molecule has 2 aromatic heterocycles. The average Bonchev–Trinajstić information content (AvgIpc) is 2.55. The molecule has 4 heteroatoms. The van der Waals surface area contributed by atoms with Gasteiger partial charge in [0.25, 0.3) is 0 Å². The summed E-state index contributed by atoms with van der Waals surface area (Å²) in [6, 6.07) is 12.0. The molecule has 0 saturated carbocycles. The molecule has 21 heavy (non-hydrogen) atoms. The molecule has 0 saturated heterocycles. The minimum Gasteiger partial charge on any atom is -0.398 e. The lowest BCUT2D eigenvalue weighted by Gasteiger charge is -2.24. The Kier molecular flexibility index (Phi) is 3.69. The molecular formula is C17H18N4. The van der Waals surface area contributed by atoms with Crippen LogP contribution in [0.25, 0.3) is 10.9 Å². The van der Waals surface area contributed by atoms with Crippen LogP contribution in [0.5, 0.6) is 0 Å². The molecule has 0 aliphatic rings. The van der Waals surface area contributed by atoms with Crippen molar-refractivity contribution in [1.29, 1.82) is 0 Å².